The number of ether oxygens (including phenoxy) is 1. The molecule has 0 spiro atoms. The summed E-state index contributed by atoms with van der Waals surface area (Å²) in [6.45, 7) is 4.45. The summed E-state index contributed by atoms with van der Waals surface area (Å²) in [6, 6.07) is 0.944. The van der Waals surface area contributed by atoms with E-state index in [-0.39, 0.29) is 12.6 Å². The molecule has 1 atom stereocenters. The molecule has 0 bridgehead atoms. The molecule has 0 amide bonds. The van der Waals surface area contributed by atoms with E-state index in [9.17, 15) is 5.11 Å². The van der Waals surface area contributed by atoms with E-state index in [0.29, 0.717) is 6.04 Å². The summed E-state index contributed by atoms with van der Waals surface area (Å²) in [5.74, 6) is 0.736. The molecule has 1 saturated carbocycles. The number of piperidine rings is 1. The van der Waals surface area contributed by atoms with E-state index < -0.39 is 0 Å². The van der Waals surface area contributed by atoms with Crippen LogP contribution in [0.2, 0.25) is 0 Å². The lowest BCUT2D eigenvalue weighted by atomic mass is 9.97. The first-order chi connectivity index (χ1) is 8.31. The number of nitrogens with zero attached hydrogens (tertiary/aromatic N) is 1. The fourth-order valence-electron chi connectivity index (χ4n) is 2.63. The number of methoxy groups -OCH3 is 1. The molecule has 1 aliphatic carbocycles. The minimum absolute atomic E-state index is 0.258. The molecule has 100 valence electrons. The molecule has 1 heterocycles. The lowest BCUT2D eigenvalue weighted by Crippen LogP contribution is -2.47. The Morgan fingerprint density at radius 1 is 1.29 bits per heavy atom. The van der Waals surface area contributed by atoms with Crippen molar-refractivity contribution in [3.63, 3.8) is 0 Å². The molecule has 0 aromatic rings. The average molecular weight is 242 g/mol. The van der Waals surface area contributed by atoms with E-state index in [1.807, 2.05) is 0 Å². The molecule has 0 aromatic heterocycles. The second kappa shape index (κ2) is 6.69. The maximum Gasteiger partial charge on any atom is 0.0597 e. The first-order valence-corrected chi connectivity index (χ1v) is 6.90. The van der Waals surface area contributed by atoms with Crippen molar-refractivity contribution in [2.45, 2.75) is 37.8 Å². The molecule has 2 fully saturated rings. The third-order valence-corrected chi connectivity index (χ3v) is 3.86. The van der Waals surface area contributed by atoms with Crippen molar-refractivity contribution in [3.05, 3.63) is 0 Å². The van der Waals surface area contributed by atoms with Crippen LogP contribution in [0.15, 0.2) is 0 Å². The van der Waals surface area contributed by atoms with Gasteiger partial charge in [0.25, 0.3) is 0 Å². The van der Waals surface area contributed by atoms with Crippen molar-refractivity contribution in [1.82, 2.24) is 10.2 Å². The smallest absolute Gasteiger partial charge is 0.0597 e. The maximum absolute atomic E-state index is 9.36. The van der Waals surface area contributed by atoms with E-state index >= 15 is 0 Å². The molecule has 17 heavy (non-hydrogen) atoms. The third-order valence-electron chi connectivity index (χ3n) is 3.86. The molecule has 0 radical (unpaired) electrons. The average Bonchev–Trinajstić information content (AvgIpc) is 3.15. The van der Waals surface area contributed by atoms with E-state index in [1.165, 1.54) is 25.7 Å². The molecule has 4 nitrogen and oxygen atoms in total. The van der Waals surface area contributed by atoms with Gasteiger partial charge in [-0.15, -0.1) is 0 Å². The fraction of sp³-hybridized carbons (Fsp3) is 1.00. The highest BCUT2D eigenvalue weighted by molar-refractivity contribution is 4.86. The van der Waals surface area contributed by atoms with Gasteiger partial charge in [-0.1, -0.05) is 0 Å². The predicted octanol–water partition coefficient (Wildman–Crippen LogP) is 0.458. The number of aliphatic hydroxyl groups is 1. The van der Waals surface area contributed by atoms with Crippen molar-refractivity contribution in [1.29, 1.82) is 0 Å². The van der Waals surface area contributed by atoms with Crippen molar-refractivity contribution >= 4 is 0 Å². The number of likely N-dealkylation sites (tertiary alicyclic amines) is 1. The first-order valence-electron chi connectivity index (χ1n) is 6.90. The van der Waals surface area contributed by atoms with Crippen molar-refractivity contribution in [2.24, 2.45) is 5.92 Å². The largest absolute Gasteiger partial charge is 0.395 e. The maximum atomic E-state index is 9.36. The van der Waals surface area contributed by atoms with Gasteiger partial charge >= 0.3 is 0 Å². The van der Waals surface area contributed by atoms with Crippen LogP contribution < -0.4 is 5.32 Å². The highest BCUT2D eigenvalue weighted by Gasteiger charge is 2.26. The van der Waals surface area contributed by atoms with Crippen LogP contribution in [0.4, 0.5) is 0 Å². The lowest BCUT2D eigenvalue weighted by Gasteiger charge is -2.33. The predicted molar refractivity (Wildman–Crippen MR) is 68.1 cm³/mol. The van der Waals surface area contributed by atoms with Crippen LogP contribution in [0, 0.1) is 5.92 Å². The number of hydrogen-bond acceptors (Lipinski definition) is 4. The Hall–Kier alpha value is -0.160. The molecular weight excluding hydrogens is 216 g/mol. The minimum Gasteiger partial charge on any atom is -0.395 e. The fourth-order valence-corrected chi connectivity index (χ4v) is 2.63. The van der Waals surface area contributed by atoms with Crippen LogP contribution in [0.5, 0.6) is 0 Å². The van der Waals surface area contributed by atoms with Gasteiger partial charge in [0.15, 0.2) is 0 Å². The van der Waals surface area contributed by atoms with Crippen LogP contribution >= 0.6 is 0 Å². The third kappa shape index (κ3) is 4.54. The SMILES string of the molecule is COCC1CCN(CC(CO)NC2CC2)CC1. The molecule has 0 aromatic carbocycles. The van der Waals surface area contributed by atoms with Gasteiger partial charge in [-0.25, -0.2) is 0 Å². The Morgan fingerprint density at radius 3 is 2.53 bits per heavy atom. The van der Waals surface area contributed by atoms with Gasteiger partial charge < -0.3 is 20.1 Å². The summed E-state index contributed by atoms with van der Waals surface area (Å²) in [5.41, 5.74) is 0. The van der Waals surface area contributed by atoms with Gasteiger partial charge in [0, 0.05) is 32.3 Å². The number of aliphatic hydroxyl groups excluding tert-OH is 1. The summed E-state index contributed by atoms with van der Waals surface area (Å²) in [5, 5.41) is 12.9. The normalized spacial score (nSPS) is 25.1. The summed E-state index contributed by atoms with van der Waals surface area (Å²) in [6.07, 6.45) is 5.03. The van der Waals surface area contributed by atoms with E-state index in [0.717, 1.165) is 32.2 Å². The zero-order chi connectivity index (χ0) is 12.1. The van der Waals surface area contributed by atoms with Crippen LogP contribution in [-0.2, 0) is 4.74 Å². The topological polar surface area (TPSA) is 44.7 Å². The lowest BCUT2D eigenvalue weighted by molar-refractivity contribution is 0.0894. The molecule has 4 heteroatoms. The zero-order valence-electron chi connectivity index (χ0n) is 10.9. The zero-order valence-corrected chi connectivity index (χ0v) is 10.9. The first kappa shape index (κ1) is 13.3. The molecule has 2 N–H and O–H groups in total. The molecule has 1 unspecified atom stereocenters. The van der Waals surface area contributed by atoms with Crippen molar-refractivity contribution in [2.75, 3.05) is 40.0 Å². The second-order valence-electron chi connectivity index (χ2n) is 5.52. The Labute approximate surface area is 104 Å². The Kier molecular flexibility index (Phi) is 5.22. The monoisotopic (exact) mass is 242 g/mol. The van der Waals surface area contributed by atoms with Crippen molar-refractivity contribution < 1.29 is 9.84 Å². The van der Waals surface area contributed by atoms with Gasteiger partial charge in [-0.3, -0.25) is 0 Å². The van der Waals surface area contributed by atoms with Gasteiger partial charge in [0.05, 0.1) is 6.61 Å². The Bertz CT molecular complexity index is 213. The molecular formula is C13H26N2O2. The van der Waals surface area contributed by atoms with Crippen LogP contribution in [-0.4, -0.2) is 62.0 Å². The van der Waals surface area contributed by atoms with E-state index in [4.69, 9.17) is 4.74 Å². The van der Waals surface area contributed by atoms with Gasteiger partial charge in [-0.05, 0) is 44.7 Å². The van der Waals surface area contributed by atoms with Crippen LogP contribution in [0.25, 0.3) is 0 Å². The quantitative estimate of drug-likeness (QED) is 0.681. The summed E-state index contributed by atoms with van der Waals surface area (Å²) in [4.78, 5) is 2.47. The highest BCUT2D eigenvalue weighted by Crippen LogP contribution is 2.21. The Morgan fingerprint density at radius 2 is 2.00 bits per heavy atom. The van der Waals surface area contributed by atoms with E-state index in [2.05, 4.69) is 10.2 Å². The summed E-state index contributed by atoms with van der Waals surface area (Å²) in [7, 11) is 1.79. The minimum atomic E-state index is 0.258. The molecule has 2 rings (SSSR count). The molecule has 2 aliphatic rings. The molecule has 1 aliphatic heterocycles. The van der Waals surface area contributed by atoms with Gasteiger partial charge in [0.1, 0.15) is 0 Å². The Balaban J connectivity index is 1.65. The highest BCUT2D eigenvalue weighted by atomic mass is 16.5. The van der Waals surface area contributed by atoms with Crippen LogP contribution in [0.1, 0.15) is 25.7 Å². The van der Waals surface area contributed by atoms with Crippen LogP contribution in [0.3, 0.4) is 0 Å². The van der Waals surface area contributed by atoms with Gasteiger partial charge in [0.2, 0.25) is 0 Å². The standard InChI is InChI=1S/C13H26N2O2/c1-17-10-11-4-6-15(7-5-11)8-13(9-16)14-12-2-3-12/h11-14,16H,2-10H2,1H3. The number of rotatable bonds is 7. The van der Waals surface area contributed by atoms with Crippen molar-refractivity contribution in [3.8, 4) is 0 Å². The summed E-state index contributed by atoms with van der Waals surface area (Å²) >= 11 is 0. The number of nitrogens with one attached hydrogen (secondary N) is 1. The van der Waals surface area contributed by atoms with E-state index in [1.54, 1.807) is 7.11 Å². The number of hydrogen-bond donors (Lipinski definition) is 2. The summed E-state index contributed by atoms with van der Waals surface area (Å²) < 4.78 is 5.21. The second-order valence-corrected chi connectivity index (χ2v) is 5.52. The van der Waals surface area contributed by atoms with Gasteiger partial charge in [-0.2, -0.15) is 0 Å². The molecule has 1 saturated heterocycles.